The zero-order valence-electron chi connectivity index (χ0n) is 8.27. The molecule has 1 fully saturated rings. The largest absolute Gasteiger partial charge is 0.392 e. The molecule has 1 aliphatic rings. The third-order valence-corrected chi connectivity index (χ3v) is 4.68. The van der Waals surface area contributed by atoms with Crippen LogP contribution in [0, 0.1) is 5.92 Å². The Labute approximate surface area is 79.6 Å². The van der Waals surface area contributed by atoms with Gasteiger partial charge in [0.05, 0.1) is 11.9 Å². The van der Waals surface area contributed by atoms with Crippen LogP contribution in [0.25, 0.3) is 0 Å². The van der Waals surface area contributed by atoms with Crippen molar-refractivity contribution in [3.63, 3.8) is 0 Å². The van der Waals surface area contributed by atoms with Crippen LogP contribution in [0.2, 0.25) is 0 Å². The van der Waals surface area contributed by atoms with Crippen LogP contribution in [-0.4, -0.2) is 42.3 Å². The highest BCUT2D eigenvalue weighted by atomic mass is 32.2. The second kappa shape index (κ2) is 3.55. The summed E-state index contributed by atoms with van der Waals surface area (Å²) in [6, 6.07) is -0.310. The van der Waals surface area contributed by atoms with Crippen LogP contribution in [-0.2, 0) is 10.0 Å². The van der Waals surface area contributed by atoms with Crippen LogP contribution >= 0.6 is 0 Å². The zero-order chi connectivity index (χ0) is 10.2. The van der Waals surface area contributed by atoms with Crippen molar-refractivity contribution < 1.29 is 13.5 Å². The summed E-state index contributed by atoms with van der Waals surface area (Å²) in [4.78, 5) is 0. The summed E-state index contributed by atoms with van der Waals surface area (Å²) in [5.74, 6) is 0.385. The number of sulfonamides is 1. The summed E-state index contributed by atoms with van der Waals surface area (Å²) < 4.78 is 24.5. The Bertz CT molecular complexity index is 273. The fraction of sp³-hybridized carbons (Fsp3) is 1.00. The molecule has 1 aliphatic heterocycles. The van der Waals surface area contributed by atoms with Crippen molar-refractivity contribution in [3.05, 3.63) is 0 Å². The van der Waals surface area contributed by atoms with Gasteiger partial charge >= 0.3 is 0 Å². The second-order valence-corrected chi connectivity index (χ2v) is 5.90. The van der Waals surface area contributed by atoms with Crippen LogP contribution in [0.4, 0.5) is 0 Å². The third-order valence-electron chi connectivity index (χ3n) is 2.50. The number of nitrogens with zero attached hydrogens (tertiary/aromatic N) is 1. The van der Waals surface area contributed by atoms with Crippen LogP contribution < -0.4 is 0 Å². The highest BCUT2D eigenvalue weighted by molar-refractivity contribution is 7.89. The minimum Gasteiger partial charge on any atom is -0.392 e. The lowest BCUT2D eigenvalue weighted by atomic mass is 10.1. The molecular weight excluding hydrogens is 190 g/mol. The van der Waals surface area contributed by atoms with E-state index in [4.69, 9.17) is 0 Å². The van der Waals surface area contributed by atoms with E-state index in [1.54, 1.807) is 13.8 Å². The Morgan fingerprint density at radius 2 is 2.00 bits per heavy atom. The third kappa shape index (κ3) is 2.21. The second-order valence-electron chi connectivity index (χ2n) is 3.93. The zero-order valence-corrected chi connectivity index (χ0v) is 9.08. The summed E-state index contributed by atoms with van der Waals surface area (Å²) in [5, 5.41) is 9.29. The monoisotopic (exact) mass is 207 g/mol. The van der Waals surface area contributed by atoms with Crippen molar-refractivity contribution in [2.24, 2.45) is 5.92 Å². The summed E-state index contributed by atoms with van der Waals surface area (Å²) in [6.07, 6.45) is -0.611. The molecule has 4 nitrogen and oxygen atoms in total. The molecule has 0 amide bonds. The van der Waals surface area contributed by atoms with E-state index in [1.807, 2.05) is 6.92 Å². The molecule has 3 atom stereocenters. The minimum atomic E-state index is -3.11. The molecule has 0 aromatic rings. The van der Waals surface area contributed by atoms with E-state index in [2.05, 4.69) is 0 Å². The highest BCUT2D eigenvalue weighted by Crippen LogP contribution is 2.22. The Morgan fingerprint density at radius 1 is 1.46 bits per heavy atom. The normalized spacial score (nSPS) is 33.1. The number of aliphatic hydroxyl groups excluding tert-OH is 1. The van der Waals surface area contributed by atoms with Crippen LogP contribution in [0.3, 0.4) is 0 Å². The molecule has 0 spiro atoms. The fourth-order valence-corrected chi connectivity index (χ4v) is 3.77. The average molecular weight is 207 g/mol. The van der Waals surface area contributed by atoms with Crippen molar-refractivity contribution in [3.8, 4) is 0 Å². The Morgan fingerprint density at radius 3 is 2.31 bits per heavy atom. The molecule has 1 heterocycles. The van der Waals surface area contributed by atoms with Crippen molar-refractivity contribution >= 4 is 10.0 Å². The van der Waals surface area contributed by atoms with Gasteiger partial charge in [-0.1, -0.05) is 6.92 Å². The number of hydrogen-bond acceptors (Lipinski definition) is 3. The van der Waals surface area contributed by atoms with Crippen LogP contribution in [0.15, 0.2) is 0 Å². The quantitative estimate of drug-likeness (QED) is 0.695. The molecule has 0 bridgehead atoms. The van der Waals surface area contributed by atoms with Crippen molar-refractivity contribution in [1.82, 2.24) is 4.31 Å². The lowest BCUT2D eigenvalue weighted by Gasteiger charge is -2.24. The van der Waals surface area contributed by atoms with E-state index < -0.39 is 16.1 Å². The van der Waals surface area contributed by atoms with Crippen molar-refractivity contribution in [1.29, 1.82) is 0 Å². The molecule has 0 saturated carbocycles. The van der Waals surface area contributed by atoms with Gasteiger partial charge in [-0.2, -0.15) is 4.31 Å². The summed E-state index contributed by atoms with van der Waals surface area (Å²) in [7, 11) is -3.11. The number of rotatable bonds is 2. The molecule has 78 valence electrons. The van der Waals surface area contributed by atoms with E-state index in [1.165, 1.54) is 4.31 Å². The van der Waals surface area contributed by atoms with E-state index in [-0.39, 0.29) is 17.7 Å². The highest BCUT2D eigenvalue weighted by Gasteiger charge is 2.37. The number of aliphatic hydroxyl groups is 1. The molecular formula is C8H17NO3S. The fourth-order valence-electron chi connectivity index (χ4n) is 1.59. The smallest absolute Gasteiger partial charge is 0.214 e. The lowest BCUT2D eigenvalue weighted by molar-refractivity contribution is 0.115. The molecule has 1 rings (SSSR count). The van der Waals surface area contributed by atoms with E-state index in [0.717, 1.165) is 0 Å². The minimum absolute atomic E-state index is 0.172. The lowest BCUT2D eigenvalue weighted by Crippen LogP contribution is -2.41. The Balaban J connectivity index is 2.82. The van der Waals surface area contributed by atoms with E-state index in [0.29, 0.717) is 6.54 Å². The van der Waals surface area contributed by atoms with Gasteiger partial charge in [-0.25, -0.2) is 8.42 Å². The van der Waals surface area contributed by atoms with Gasteiger partial charge in [0.2, 0.25) is 10.0 Å². The SMILES string of the molecule is CC1CN(C(C)C(C)O)S(=O)(=O)C1. The first kappa shape index (κ1) is 10.9. The molecule has 1 saturated heterocycles. The number of hydrogen-bond donors (Lipinski definition) is 1. The van der Waals surface area contributed by atoms with Gasteiger partial charge in [-0.3, -0.25) is 0 Å². The predicted octanol–water partition coefficient (Wildman–Crippen LogP) is 0.0372. The van der Waals surface area contributed by atoms with Crippen LogP contribution in [0.1, 0.15) is 20.8 Å². The van der Waals surface area contributed by atoms with Crippen LogP contribution in [0.5, 0.6) is 0 Å². The molecule has 0 aliphatic carbocycles. The van der Waals surface area contributed by atoms with Gasteiger partial charge in [0.1, 0.15) is 0 Å². The molecule has 13 heavy (non-hydrogen) atoms. The molecule has 0 aromatic carbocycles. The van der Waals surface area contributed by atoms with Crippen molar-refractivity contribution in [2.75, 3.05) is 12.3 Å². The van der Waals surface area contributed by atoms with E-state index >= 15 is 0 Å². The molecule has 1 N–H and O–H groups in total. The summed E-state index contributed by atoms with van der Waals surface area (Å²) >= 11 is 0. The maximum atomic E-state index is 11.5. The van der Waals surface area contributed by atoms with E-state index in [9.17, 15) is 13.5 Å². The van der Waals surface area contributed by atoms with Gasteiger partial charge in [-0.15, -0.1) is 0 Å². The molecule has 3 unspecified atom stereocenters. The maximum Gasteiger partial charge on any atom is 0.214 e. The molecule has 0 aromatic heterocycles. The van der Waals surface area contributed by atoms with Gasteiger partial charge in [0.15, 0.2) is 0 Å². The summed E-state index contributed by atoms with van der Waals surface area (Å²) in [5.41, 5.74) is 0. The molecule has 0 radical (unpaired) electrons. The summed E-state index contributed by atoms with van der Waals surface area (Å²) in [6.45, 7) is 5.80. The Kier molecular flexibility index (Phi) is 2.99. The topological polar surface area (TPSA) is 57.6 Å². The van der Waals surface area contributed by atoms with Gasteiger partial charge in [0, 0.05) is 12.6 Å². The first-order valence-corrected chi connectivity index (χ1v) is 6.13. The standard InChI is InChI=1S/C8H17NO3S/c1-6-4-9(7(2)8(3)10)13(11,12)5-6/h6-8,10H,4-5H2,1-3H3. The first-order valence-electron chi connectivity index (χ1n) is 4.52. The van der Waals surface area contributed by atoms with Gasteiger partial charge < -0.3 is 5.11 Å². The maximum absolute atomic E-state index is 11.5. The van der Waals surface area contributed by atoms with Gasteiger partial charge in [-0.05, 0) is 19.8 Å². The predicted molar refractivity (Wildman–Crippen MR) is 50.8 cm³/mol. The van der Waals surface area contributed by atoms with Gasteiger partial charge in [0.25, 0.3) is 0 Å². The first-order chi connectivity index (χ1) is 5.84. The molecule has 5 heteroatoms. The average Bonchev–Trinajstić information content (AvgIpc) is 2.22. The Hall–Kier alpha value is -0.130. The van der Waals surface area contributed by atoms with Crippen molar-refractivity contribution in [2.45, 2.75) is 32.9 Å².